The van der Waals surface area contributed by atoms with Crippen molar-refractivity contribution < 1.29 is 24.0 Å². The molecule has 0 bridgehead atoms. The van der Waals surface area contributed by atoms with Gasteiger partial charge in [-0.15, -0.1) is 0 Å². The van der Waals surface area contributed by atoms with E-state index in [1.807, 2.05) is 6.92 Å². The maximum atomic E-state index is 11.9. The topological polar surface area (TPSA) is 128 Å². The SMILES string of the molecule is CCCNC(=O)[C@@H](C)NC(=O)COC(=O)c1cc([N+](=O)[O-])ccc1Cl. The predicted molar refractivity (Wildman–Crippen MR) is 89.3 cm³/mol. The number of rotatable bonds is 8. The molecule has 2 N–H and O–H groups in total. The lowest BCUT2D eigenvalue weighted by molar-refractivity contribution is -0.384. The third kappa shape index (κ3) is 6.38. The van der Waals surface area contributed by atoms with Crippen LogP contribution in [0.2, 0.25) is 5.02 Å². The molecule has 0 unspecified atom stereocenters. The van der Waals surface area contributed by atoms with Crippen molar-refractivity contribution in [1.29, 1.82) is 0 Å². The predicted octanol–water partition coefficient (Wildman–Crippen LogP) is 1.44. The zero-order chi connectivity index (χ0) is 19.0. The minimum Gasteiger partial charge on any atom is -0.452 e. The molecule has 25 heavy (non-hydrogen) atoms. The molecule has 10 heteroatoms. The van der Waals surface area contributed by atoms with E-state index in [4.69, 9.17) is 16.3 Å². The summed E-state index contributed by atoms with van der Waals surface area (Å²) in [7, 11) is 0. The summed E-state index contributed by atoms with van der Waals surface area (Å²) < 4.78 is 4.78. The molecule has 1 aromatic rings. The standard InChI is InChI=1S/C15H18ClN3O6/c1-3-6-17-14(21)9(2)18-13(20)8-25-15(22)11-7-10(19(23)24)4-5-12(11)16/h4-5,7,9H,3,6,8H2,1-2H3,(H,17,21)(H,18,20)/t9-/m1/s1. The van der Waals surface area contributed by atoms with Crippen molar-refractivity contribution in [2.75, 3.05) is 13.2 Å². The molecule has 0 radical (unpaired) electrons. The lowest BCUT2D eigenvalue weighted by atomic mass is 10.2. The minimum absolute atomic E-state index is 0.0386. The van der Waals surface area contributed by atoms with Gasteiger partial charge in [-0.05, 0) is 19.4 Å². The smallest absolute Gasteiger partial charge is 0.340 e. The zero-order valence-corrected chi connectivity index (χ0v) is 14.5. The fourth-order valence-electron chi connectivity index (χ4n) is 1.74. The molecule has 0 saturated carbocycles. The second-order valence-corrected chi connectivity index (χ2v) is 5.48. The Labute approximate surface area is 148 Å². The molecule has 0 aliphatic heterocycles. The highest BCUT2D eigenvalue weighted by Crippen LogP contribution is 2.22. The number of non-ortho nitro benzene ring substituents is 1. The number of amides is 2. The van der Waals surface area contributed by atoms with Crippen LogP contribution < -0.4 is 10.6 Å². The second kappa shape index (κ2) is 9.58. The van der Waals surface area contributed by atoms with E-state index < -0.39 is 29.4 Å². The molecule has 9 nitrogen and oxygen atoms in total. The minimum atomic E-state index is -0.980. The normalized spacial score (nSPS) is 11.3. The van der Waals surface area contributed by atoms with Crippen LogP contribution in [0.15, 0.2) is 18.2 Å². The number of hydrogen-bond acceptors (Lipinski definition) is 6. The summed E-state index contributed by atoms with van der Waals surface area (Å²) in [4.78, 5) is 45.3. The van der Waals surface area contributed by atoms with Gasteiger partial charge in [-0.2, -0.15) is 0 Å². The van der Waals surface area contributed by atoms with Crippen LogP contribution in [0.25, 0.3) is 0 Å². The summed E-state index contributed by atoms with van der Waals surface area (Å²) in [5.74, 6) is -2.02. The van der Waals surface area contributed by atoms with Crippen molar-refractivity contribution in [3.05, 3.63) is 38.9 Å². The Kier molecular flexibility index (Phi) is 7.80. The zero-order valence-electron chi connectivity index (χ0n) is 13.7. The van der Waals surface area contributed by atoms with Crippen molar-refractivity contribution in [2.45, 2.75) is 26.3 Å². The summed E-state index contributed by atoms with van der Waals surface area (Å²) >= 11 is 5.81. The fourth-order valence-corrected chi connectivity index (χ4v) is 1.94. The van der Waals surface area contributed by atoms with Crippen LogP contribution in [0, 0.1) is 10.1 Å². The molecule has 1 aromatic carbocycles. The molecule has 2 amide bonds. The maximum absolute atomic E-state index is 11.9. The van der Waals surface area contributed by atoms with E-state index >= 15 is 0 Å². The van der Waals surface area contributed by atoms with Crippen LogP contribution in [0.4, 0.5) is 5.69 Å². The van der Waals surface area contributed by atoms with Crippen molar-refractivity contribution >= 4 is 35.1 Å². The first-order chi connectivity index (χ1) is 11.8. The number of nitro groups is 1. The molecule has 1 atom stereocenters. The Morgan fingerprint density at radius 2 is 2.04 bits per heavy atom. The first-order valence-corrected chi connectivity index (χ1v) is 7.82. The van der Waals surface area contributed by atoms with E-state index in [9.17, 15) is 24.5 Å². The van der Waals surface area contributed by atoms with Crippen molar-refractivity contribution in [3.63, 3.8) is 0 Å². The van der Waals surface area contributed by atoms with Gasteiger partial charge in [-0.3, -0.25) is 19.7 Å². The van der Waals surface area contributed by atoms with Crippen LogP contribution in [0.3, 0.4) is 0 Å². The summed E-state index contributed by atoms with van der Waals surface area (Å²) in [6.45, 7) is 3.22. The summed E-state index contributed by atoms with van der Waals surface area (Å²) in [6.07, 6.45) is 0.758. The number of hydrogen-bond donors (Lipinski definition) is 2. The summed E-state index contributed by atoms with van der Waals surface area (Å²) in [5.41, 5.74) is -0.556. The average Bonchev–Trinajstić information content (AvgIpc) is 2.57. The highest BCUT2D eigenvalue weighted by atomic mass is 35.5. The Morgan fingerprint density at radius 3 is 2.64 bits per heavy atom. The van der Waals surface area contributed by atoms with Crippen LogP contribution >= 0.6 is 11.6 Å². The molecule has 0 saturated heterocycles. The molecular weight excluding hydrogens is 354 g/mol. The lowest BCUT2D eigenvalue weighted by Crippen LogP contribution is -2.46. The quantitative estimate of drug-likeness (QED) is 0.404. The van der Waals surface area contributed by atoms with Gasteiger partial charge in [-0.1, -0.05) is 18.5 Å². The molecule has 1 rings (SSSR count). The van der Waals surface area contributed by atoms with Crippen molar-refractivity contribution in [2.24, 2.45) is 0 Å². The Hall–Kier alpha value is -2.68. The Morgan fingerprint density at radius 1 is 1.36 bits per heavy atom. The fraction of sp³-hybridized carbons (Fsp3) is 0.400. The number of benzene rings is 1. The average molecular weight is 372 g/mol. The number of carbonyl (C=O) groups is 3. The van der Waals surface area contributed by atoms with E-state index in [1.165, 1.54) is 13.0 Å². The molecule has 0 heterocycles. The molecule has 136 valence electrons. The van der Waals surface area contributed by atoms with Crippen LogP contribution in [0.5, 0.6) is 0 Å². The Bertz CT molecular complexity index is 679. The van der Waals surface area contributed by atoms with Crippen LogP contribution in [0.1, 0.15) is 30.6 Å². The van der Waals surface area contributed by atoms with Crippen LogP contribution in [-0.2, 0) is 14.3 Å². The van der Waals surface area contributed by atoms with E-state index in [1.54, 1.807) is 0 Å². The molecule has 0 spiro atoms. The van der Waals surface area contributed by atoms with Gasteiger partial charge in [0, 0.05) is 18.7 Å². The van der Waals surface area contributed by atoms with Crippen LogP contribution in [-0.4, -0.2) is 41.9 Å². The highest BCUT2D eigenvalue weighted by Gasteiger charge is 2.19. The van der Waals surface area contributed by atoms with Gasteiger partial charge in [-0.25, -0.2) is 4.79 Å². The summed E-state index contributed by atoms with van der Waals surface area (Å²) in [5, 5.41) is 15.7. The molecular formula is C15H18ClN3O6. The van der Waals surface area contributed by atoms with Gasteiger partial charge in [0.2, 0.25) is 5.91 Å². The van der Waals surface area contributed by atoms with Gasteiger partial charge in [0.15, 0.2) is 6.61 Å². The van der Waals surface area contributed by atoms with Crippen molar-refractivity contribution in [1.82, 2.24) is 10.6 Å². The van der Waals surface area contributed by atoms with Gasteiger partial charge in [0.1, 0.15) is 6.04 Å². The number of nitro benzene ring substituents is 1. The number of esters is 1. The van der Waals surface area contributed by atoms with Crippen molar-refractivity contribution in [3.8, 4) is 0 Å². The number of nitrogens with one attached hydrogen (secondary N) is 2. The maximum Gasteiger partial charge on any atom is 0.340 e. The van der Waals surface area contributed by atoms with Gasteiger partial charge in [0.05, 0.1) is 15.5 Å². The Balaban J connectivity index is 2.59. The summed E-state index contributed by atoms with van der Waals surface area (Å²) in [6, 6.07) is 2.50. The molecule has 0 aliphatic rings. The van der Waals surface area contributed by atoms with E-state index in [-0.39, 0.29) is 22.2 Å². The number of ether oxygens (including phenoxy) is 1. The number of carbonyl (C=O) groups excluding carboxylic acids is 3. The van der Waals surface area contributed by atoms with Gasteiger partial charge < -0.3 is 15.4 Å². The monoisotopic (exact) mass is 371 g/mol. The third-order valence-corrected chi connectivity index (χ3v) is 3.36. The third-order valence-electron chi connectivity index (χ3n) is 3.04. The molecule has 0 aromatic heterocycles. The van der Waals surface area contributed by atoms with E-state index in [0.29, 0.717) is 6.54 Å². The van der Waals surface area contributed by atoms with Gasteiger partial charge in [0.25, 0.3) is 11.6 Å². The number of halogens is 1. The largest absolute Gasteiger partial charge is 0.452 e. The second-order valence-electron chi connectivity index (χ2n) is 5.08. The first kappa shape index (κ1) is 20.4. The van der Waals surface area contributed by atoms with Gasteiger partial charge >= 0.3 is 5.97 Å². The molecule has 0 aliphatic carbocycles. The lowest BCUT2D eigenvalue weighted by Gasteiger charge is -2.14. The number of nitrogens with zero attached hydrogens (tertiary/aromatic N) is 1. The van der Waals surface area contributed by atoms with E-state index in [0.717, 1.165) is 18.6 Å². The first-order valence-electron chi connectivity index (χ1n) is 7.44. The highest BCUT2D eigenvalue weighted by molar-refractivity contribution is 6.33. The van der Waals surface area contributed by atoms with E-state index in [2.05, 4.69) is 10.6 Å². The molecule has 0 fully saturated rings.